The van der Waals surface area contributed by atoms with Crippen LogP contribution >= 0.6 is 31.9 Å². The largest absolute Gasteiger partial charge is 0.451 e. The highest BCUT2D eigenvalue weighted by Crippen LogP contribution is 2.31. The fraction of sp³-hybridized carbons (Fsp3) is 0. The minimum atomic E-state index is -0.377. The number of halogens is 3. The van der Waals surface area contributed by atoms with E-state index in [1.165, 1.54) is 24.3 Å². The Bertz CT molecular complexity index is 807. The lowest BCUT2D eigenvalue weighted by molar-refractivity contribution is 0.101. The van der Waals surface area contributed by atoms with Gasteiger partial charge in [0.25, 0.3) is 0 Å². The molecule has 0 radical (unpaired) electrons. The summed E-state index contributed by atoms with van der Waals surface area (Å²) in [5.74, 6) is -0.424. The third-order valence-electron chi connectivity index (χ3n) is 2.87. The molecule has 5 heteroatoms. The van der Waals surface area contributed by atoms with Crippen LogP contribution in [0, 0.1) is 5.82 Å². The van der Waals surface area contributed by atoms with Gasteiger partial charge in [0.05, 0.1) is 4.47 Å². The molecule has 0 aliphatic rings. The molecule has 0 atom stereocenters. The van der Waals surface area contributed by atoms with Crippen LogP contribution in [-0.4, -0.2) is 5.78 Å². The Hall–Kier alpha value is -1.46. The zero-order valence-corrected chi connectivity index (χ0v) is 13.2. The van der Waals surface area contributed by atoms with Crippen molar-refractivity contribution < 1.29 is 13.6 Å². The third kappa shape index (κ3) is 2.43. The second-order valence-corrected chi connectivity index (χ2v) is 6.02. The van der Waals surface area contributed by atoms with Gasteiger partial charge in [0.2, 0.25) is 5.78 Å². The van der Waals surface area contributed by atoms with E-state index in [2.05, 4.69) is 31.9 Å². The van der Waals surface area contributed by atoms with E-state index in [4.69, 9.17) is 4.42 Å². The molecule has 2 nitrogen and oxygen atoms in total. The number of hydrogen-bond donors (Lipinski definition) is 0. The molecule has 0 amide bonds. The van der Waals surface area contributed by atoms with E-state index in [1.54, 1.807) is 6.07 Å². The molecule has 0 unspecified atom stereocenters. The number of carbonyl (C=O) groups is 1. The van der Waals surface area contributed by atoms with Gasteiger partial charge in [0, 0.05) is 15.4 Å². The van der Waals surface area contributed by atoms with Gasteiger partial charge in [-0.25, -0.2) is 4.39 Å². The van der Waals surface area contributed by atoms with E-state index >= 15 is 0 Å². The van der Waals surface area contributed by atoms with E-state index < -0.39 is 0 Å². The molecule has 1 aromatic heterocycles. The minimum absolute atomic E-state index is 0.227. The maximum Gasteiger partial charge on any atom is 0.228 e. The number of ketones is 1. The molecule has 100 valence electrons. The highest BCUT2D eigenvalue weighted by molar-refractivity contribution is 9.11. The number of carbonyl (C=O) groups excluding carboxylic acids is 1. The van der Waals surface area contributed by atoms with Crippen molar-refractivity contribution in [2.24, 2.45) is 0 Å². The van der Waals surface area contributed by atoms with E-state index in [9.17, 15) is 9.18 Å². The van der Waals surface area contributed by atoms with Gasteiger partial charge in [-0.3, -0.25) is 4.79 Å². The van der Waals surface area contributed by atoms with Crippen molar-refractivity contribution in [2.45, 2.75) is 0 Å². The maximum atomic E-state index is 12.9. The number of rotatable bonds is 2. The molecule has 2 aromatic carbocycles. The van der Waals surface area contributed by atoms with Crippen LogP contribution in [0.1, 0.15) is 16.1 Å². The number of benzene rings is 2. The van der Waals surface area contributed by atoms with Crippen LogP contribution in [0.25, 0.3) is 11.0 Å². The lowest BCUT2D eigenvalue weighted by atomic mass is 10.1. The van der Waals surface area contributed by atoms with Crippen LogP contribution in [0.4, 0.5) is 4.39 Å². The molecular formula is C15H7Br2FO2. The first-order chi connectivity index (χ1) is 9.54. The van der Waals surface area contributed by atoms with E-state index in [1.807, 2.05) is 12.1 Å². The van der Waals surface area contributed by atoms with Gasteiger partial charge in [0.1, 0.15) is 11.4 Å². The lowest BCUT2D eigenvalue weighted by Crippen LogP contribution is -1.99. The molecule has 0 aliphatic carbocycles. The quantitative estimate of drug-likeness (QED) is 0.547. The van der Waals surface area contributed by atoms with Crippen molar-refractivity contribution in [3.05, 3.63) is 68.6 Å². The molecule has 0 saturated heterocycles. The first kappa shape index (κ1) is 13.5. The van der Waals surface area contributed by atoms with Crippen LogP contribution in [0.15, 0.2) is 55.8 Å². The number of furan rings is 1. The van der Waals surface area contributed by atoms with Crippen molar-refractivity contribution in [1.82, 2.24) is 0 Å². The molecule has 20 heavy (non-hydrogen) atoms. The highest BCUT2D eigenvalue weighted by Gasteiger charge is 2.16. The smallest absolute Gasteiger partial charge is 0.228 e. The summed E-state index contributed by atoms with van der Waals surface area (Å²) in [4.78, 5) is 12.3. The molecule has 0 spiro atoms. The third-order valence-corrected chi connectivity index (χ3v) is 3.91. The number of fused-ring (bicyclic) bond motifs is 1. The molecule has 0 bridgehead atoms. The van der Waals surface area contributed by atoms with Crippen LogP contribution < -0.4 is 0 Å². The Kier molecular flexibility index (Phi) is 3.48. The summed E-state index contributed by atoms with van der Waals surface area (Å²) in [6.07, 6.45) is 0. The van der Waals surface area contributed by atoms with Crippen molar-refractivity contribution in [3.63, 3.8) is 0 Å². The zero-order chi connectivity index (χ0) is 14.3. The Morgan fingerprint density at radius 3 is 2.45 bits per heavy atom. The minimum Gasteiger partial charge on any atom is -0.451 e. The lowest BCUT2D eigenvalue weighted by Gasteiger charge is -1.97. The molecule has 0 saturated carbocycles. The topological polar surface area (TPSA) is 30.2 Å². The second-order valence-electron chi connectivity index (χ2n) is 4.25. The second kappa shape index (κ2) is 5.14. The molecule has 0 aliphatic heterocycles. The van der Waals surface area contributed by atoms with Crippen LogP contribution in [0.2, 0.25) is 0 Å². The maximum absolute atomic E-state index is 12.9. The Morgan fingerprint density at radius 2 is 1.75 bits per heavy atom. The summed E-state index contributed by atoms with van der Waals surface area (Å²) in [5, 5.41) is 0.816. The zero-order valence-electron chi connectivity index (χ0n) is 9.99. The summed E-state index contributed by atoms with van der Waals surface area (Å²) < 4.78 is 20.1. The average molecular weight is 398 g/mol. The predicted octanol–water partition coefficient (Wildman–Crippen LogP) is 5.33. The predicted molar refractivity (Wildman–Crippen MR) is 81.4 cm³/mol. The van der Waals surface area contributed by atoms with E-state index in [-0.39, 0.29) is 17.4 Å². The molecule has 0 N–H and O–H groups in total. The summed E-state index contributed by atoms with van der Waals surface area (Å²) in [5.41, 5.74) is 0.999. The standard InChI is InChI=1S/C15H7Br2FO2/c16-10-5-9-6-13(20-15(9)12(17)7-10)14(19)8-1-3-11(18)4-2-8/h1-7H. The molecule has 3 aromatic rings. The van der Waals surface area contributed by atoms with Crippen molar-refractivity contribution in [2.75, 3.05) is 0 Å². The van der Waals surface area contributed by atoms with Crippen molar-refractivity contribution >= 4 is 48.6 Å². The summed E-state index contributed by atoms with van der Waals surface area (Å²) in [7, 11) is 0. The van der Waals surface area contributed by atoms with Crippen LogP contribution in [-0.2, 0) is 0 Å². The molecule has 3 rings (SSSR count). The van der Waals surface area contributed by atoms with E-state index in [0.29, 0.717) is 11.1 Å². The van der Waals surface area contributed by atoms with Gasteiger partial charge in [-0.1, -0.05) is 15.9 Å². The van der Waals surface area contributed by atoms with E-state index in [0.717, 1.165) is 14.3 Å². The van der Waals surface area contributed by atoms with Gasteiger partial charge >= 0.3 is 0 Å². The van der Waals surface area contributed by atoms with Crippen molar-refractivity contribution in [3.8, 4) is 0 Å². The average Bonchev–Trinajstić information content (AvgIpc) is 2.83. The van der Waals surface area contributed by atoms with Gasteiger partial charge < -0.3 is 4.42 Å². The van der Waals surface area contributed by atoms with Crippen molar-refractivity contribution in [1.29, 1.82) is 0 Å². The summed E-state index contributed by atoms with van der Waals surface area (Å²) in [6.45, 7) is 0. The fourth-order valence-electron chi connectivity index (χ4n) is 1.93. The molecule has 0 fully saturated rings. The SMILES string of the molecule is O=C(c1ccc(F)cc1)c1cc2cc(Br)cc(Br)c2o1. The van der Waals surface area contributed by atoms with Crippen LogP contribution in [0.5, 0.6) is 0 Å². The Balaban J connectivity index is 2.08. The van der Waals surface area contributed by atoms with Gasteiger partial charge in [-0.15, -0.1) is 0 Å². The highest BCUT2D eigenvalue weighted by atomic mass is 79.9. The van der Waals surface area contributed by atoms with Crippen LogP contribution in [0.3, 0.4) is 0 Å². The Labute approximate surface area is 130 Å². The monoisotopic (exact) mass is 396 g/mol. The molecule has 1 heterocycles. The Morgan fingerprint density at radius 1 is 1.05 bits per heavy atom. The van der Waals surface area contributed by atoms with Gasteiger partial charge in [-0.05, 0) is 58.4 Å². The fourth-order valence-corrected chi connectivity index (χ4v) is 3.27. The molecular weight excluding hydrogens is 391 g/mol. The van der Waals surface area contributed by atoms with Gasteiger partial charge in [0.15, 0.2) is 5.76 Å². The first-order valence-corrected chi connectivity index (χ1v) is 7.32. The number of hydrogen-bond acceptors (Lipinski definition) is 2. The first-order valence-electron chi connectivity index (χ1n) is 5.73. The normalized spacial score (nSPS) is 10.9. The van der Waals surface area contributed by atoms with Gasteiger partial charge in [-0.2, -0.15) is 0 Å². The summed E-state index contributed by atoms with van der Waals surface area (Å²) in [6, 6.07) is 10.8. The summed E-state index contributed by atoms with van der Waals surface area (Å²) >= 11 is 6.78.